The van der Waals surface area contributed by atoms with E-state index in [2.05, 4.69) is 9.97 Å². The summed E-state index contributed by atoms with van der Waals surface area (Å²) < 4.78 is 5.48. The van der Waals surface area contributed by atoms with Crippen molar-refractivity contribution in [1.29, 1.82) is 5.26 Å². The van der Waals surface area contributed by atoms with Crippen molar-refractivity contribution in [2.75, 3.05) is 12.3 Å². The molecule has 0 aromatic carbocycles. The van der Waals surface area contributed by atoms with Crippen LogP contribution in [0.3, 0.4) is 0 Å². The Bertz CT molecular complexity index is 698. The Morgan fingerprint density at radius 2 is 2.30 bits per heavy atom. The topological polar surface area (TPSA) is 125 Å². The molecule has 3 atom stereocenters. The number of hydrogen-bond donors (Lipinski definition) is 3. The first kappa shape index (κ1) is 13.2. The highest BCUT2D eigenvalue weighted by molar-refractivity contribution is 7.11. The van der Waals surface area contributed by atoms with E-state index in [-0.39, 0.29) is 13.0 Å². The van der Waals surface area contributed by atoms with Crippen LogP contribution in [-0.2, 0) is 10.3 Å². The van der Waals surface area contributed by atoms with Gasteiger partial charge in [-0.25, -0.2) is 9.97 Å². The minimum atomic E-state index is -1.52. The number of aliphatic hydroxyl groups is 2. The standard InChI is InChI=1S/C12H12N4O3S/c13-4-12(8(18)1-6(17)2-19-12)10-9-7(3-20-10)11(14)16-5-15-9/h3,5-6,8,17-18H,1-2H2,(H2,14,15,16)/t6?,8-,12-/m1/s1. The Hall–Kier alpha value is -1.79. The molecule has 2 aromatic heterocycles. The number of anilines is 1. The first-order valence-corrected chi connectivity index (χ1v) is 6.86. The van der Waals surface area contributed by atoms with Gasteiger partial charge in [-0.05, 0) is 0 Å². The molecule has 7 nitrogen and oxygen atoms in total. The lowest BCUT2D eigenvalue weighted by atomic mass is 9.88. The fourth-order valence-electron chi connectivity index (χ4n) is 2.33. The molecular formula is C12H12N4O3S. The van der Waals surface area contributed by atoms with Gasteiger partial charge in [-0.1, -0.05) is 0 Å². The predicted molar refractivity (Wildman–Crippen MR) is 71.7 cm³/mol. The third-order valence-corrected chi connectivity index (χ3v) is 4.48. The van der Waals surface area contributed by atoms with Gasteiger partial charge in [0.2, 0.25) is 5.60 Å². The highest BCUT2D eigenvalue weighted by atomic mass is 32.1. The lowest BCUT2D eigenvalue weighted by Gasteiger charge is -2.37. The number of ether oxygens (including phenoxy) is 1. The molecule has 0 saturated carbocycles. The first-order valence-electron chi connectivity index (χ1n) is 5.98. The number of hydrogen-bond acceptors (Lipinski definition) is 8. The average Bonchev–Trinajstić information content (AvgIpc) is 2.86. The van der Waals surface area contributed by atoms with Gasteiger partial charge in [-0.15, -0.1) is 11.3 Å². The van der Waals surface area contributed by atoms with Gasteiger partial charge in [0.1, 0.15) is 24.3 Å². The van der Waals surface area contributed by atoms with E-state index in [1.54, 1.807) is 5.38 Å². The number of nitrogens with two attached hydrogens (primary N) is 1. The Kier molecular flexibility index (Phi) is 3.07. The number of aromatic nitrogens is 2. The minimum Gasteiger partial charge on any atom is -0.391 e. The maximum atomic E-state index is 10.2. The van der Waals surface area contributed by atoms with Crippen LogP contribution in [0, 0.1) is 11.3 Å². The molecule has 0 spiro atoms. The van der Waals surface area contributed by atoms with Crippen molar-refractivity contribution in [2.24, 2.45) is 0 Å². The van der Waals surface area contributed by atoms with Gasteiger partial charge in [0.15, 0.2) is 0 Å². The number of nitriles is 1. The zero-order valence-corrected chi connectivity index (χ0v) is 11.2. The molecule has 0 amide bonds. The third-order valence-electron chi connectivity index (χ3n) is 3.40. The molecule has 1 aliphatic heterocycles. The monoisotopic (exact) mass is 292 g/mol. The van der Waals surface area contributed by atoms with E-state index in [0.29, 0.717) is 21.6 Å². The van der Waals surface area contributed by atoms with Crippen molar-refractivity contribution in [1.82, 2.24) is 9.97 Å². The van der Waals surface area contributed by atoms with E-state index < -0.39 is 17.8 Å². The molecule has 4 N–H and O–H groups in total. The first-order chi connectivity index (χ1) is 9.58. The number of fused-ring (bicyclic) bond motifs is 1. The summed E-state index contributed by atoms with van der Waals surface area (Å²) in [7, 11) is 0. The largest absolute Gasteiger partial charge is 0.391 e. The van der Waals surface area contributed by atoms with Crippen LogP contribution in [0.4, 0.5) is 5.82 Å². The van der Waals surface area contributed by atoms with Crippen LogP contribution in [0.1, 0.15) is 11.3 Å². The number of nitrogens with zero attached hydrogens (tertiary/aromatic N) is 3. The average molecular weight is 292 g/mol. The molecule has 8 heteroatoms. The quantitative estimate of drug-likeness (QED) is 0.682. The van der Waals surface area contributed by atoms with Gasteiger partial charge in [0.05, 0.1) is 28.5 Å². The molecule has 0 aliphatic carbocycles. The van der Waals surface area contributed by atoms with Crippen LogP contribution in [0.15, 0.2) is 11.7 Å². The zero-order valence-electron chi connectivity index (χ0n) is 10.4. The highest BCUT2D eigenvalue weighted by Gasteiger charge is 2.48. The summed E-state index contributed by atoms with van der Waals surface area (Å²) in [4.78, 5) is 8.52. The number of thiophene rings is 1. The van der Waals surface area contributed by atoms with Crippen molar-refractivity contribution in [3.63, 3.8) is 0 Å². The molecule has 0 bridgehead atoms. The molecule has 1 unspecified atom stereocenters. The van der Waals surface area contributed by atoms with Crippen LogP contribution >= 0.6 is 11.3 Å². The van der Waals surface area contributed by atoms with Crippen LogP contribution in [0.2, 0.25) is 0 Å². The van der Waals surface area contributed by atoms with E-state index in [4.69, 9.17) is 10.5 Å². The fraction of sp³-hybridized carbons (Fsp3) is 0.417. The number of rotatable bonds is 1. The SMILES string of the molecule is N#C[C@@]1(c2scc3c(N)ncnc23)OCC(O)C[C@H]1O. The third kappa shape index (κ3) is 1.76. The fourth-order valence-corrected chi connectivity index (χ4v) is 3.49. The molecule has 104 valence electrons. The molecule has 2 aromatic rings. The molecule has 1 fully saturated rings. The summed E-state index contributed by atoms with van der Waals surface area (Å²) in [5.74, 6) is 0.316. The van der Waals surface area contributed by atoms with E-state index in [9.17, 15) is 15.5 Å². The van der Waals surface area contributed by atoms with Gasteiger partial charge in [0.25, 0.3) is 0 Å². The minimum absolute atomic E-state index is 0.00935. The number of aliphatic hydroxyl groups excluding tert-OH is 2. The molecule has 1 saturated heterocycles. The van der Waals surface area contributed by atoms with Crippen molar-refractivity contribution in [3.05, 3.63) is 16.6 Å². The van der Waals surface area contributed by atoms with Gasteiger partial charge < -0.3 is 20.7 Å². The van der Waals surface area contributed by atoms with E-state index in [0.717, 1.165) is 0 Å². The Labute approximate surface area is 118 Å². The summed E-state index contributed by atoms with van der Waals surface area (Å²) in [6.45, 7) is -0.00935. The Morgan fingerprint density at radius 3 is 3.00 bits per heavy atom. The second-order valence-electron chi connectivity index (χ2n) is 4.65. The lowest BCUT2D eigenvalue weighted by molar-refractivity contribution is -0.162. The van der Waals surface area contributed by atoms with Crippen molar-refractivity contribution >= 4 is 28.1 Å². The van der Waals surface area contributed by atoms with Gasteiger partial charge in [-0.3, -0.25) is 0 Å². The van der Waals surface area contributed by atoms with Crippen molar-refractivity contribution < 1.29 is 14.9 Å². The maximum absolute atomic E-state index is 10.2. The molecule has 0 radical (unpaired) electrons. The van der Waals surface area contributed by atoms with E-state index in [1.165, 1.54) is 17.7 Å². The summed E-state index contributed by atoms with van der Waals surface area (Å²) in [6.07, 6.45) is -0.525. The molecular weight excluding hydrogens is 280 g/mol. The van der Waals surface area contributed by atoms with Crippen LogP contribution in [0.5, 0.6) is 0 Å². The van der Waals surface area contributed by atoms with Crippen molar-refractivity contribution in [3.8, 4) is 6.07 Å². The normalized spacial score (nSPS) is 30.2. The van der Waals surface area contributed by atoms with Crippen molar-refractivity contribution in [2.45, 2.75) is 24.2 Å². The Morgan fingerprint density at radius 1 is 1.50 bits per heavy atom. The van der Waals surface area contributed by atoms with E-state index in [1.807, 2.05) is 6.07 Å². The van der Waals surface area contributed by atoms with Gasteiger partial charge in [-0.2, -0.15) is 5.26 Å². The lowest BCUT2D eigenvalue weighted by Crippen LogP contribution is -2.48. The molecule has 1 aliphatic rings. The predicted octanol–water partition coefficient (Wildman–Crippen LogP) is 0.134. The van der Waals surface area contributed by atoms with Gasteiger partial charge in [0, 0.05) is 11.8 Å². The molecule has 3 heterocycles. The van der Waals surface area contributed by atoms with Gasteiger partial charge >= 0.3 is 0 Å². The molecule has 20 heavy (non-hydrogen) atoms. The molecule has 3 rings (SSSR count). The Balaban J connectivity index is 2.18. The highest BCUT2D eigenvalue weighted by Crippen LogP contribution is 2.42. The summed E-state index contributed by atoms with van der Waals surface area (Å²) >= 11 is 1.24. The maximum Gasteiger partial charge on any atom is 0.216 e. The summed E-state index contributed by atoms with van der Waals surface area (Å²) in [5, 5.41) is 31.6. The second kappa shape index (κ2) is 4.64. The smallest absolute Gasteiger partial charge is 0.216 e. The summed E-state index contributed by atoms with van der Waals surface area (Å²) in [5.41, 5.74) is 4.75. The second-order valence-corrected chi connectivity index (χ2v) is 5.53. The zero-order chi connectivity index (χ0) is 14.3. The number of nitrogen functional groups attached to an aromatic ring is 1. The summed E-state index contributed by atoms with van der Waals surface area (Å²) in [6, 6.07) is 2.03. The van der Waals surface area contributed by atoms with Crippen LogP contribution in [0.25, 0.3) is 10.9 Å². The van der Waals surface area contributed by atoms with Crippen LogP contribution in [-0.4, -0.2) is 39.0 Å². The van der Waals surface area contributed by atoms with E-state index >= 15 is 0 Å². The van der Waals surface area contributed by atoms with Crippen LogP contribution < -0.4 is 5.73 Å².